The number of rotatable bonds is 10. The van der Waals surface area contributed by atoms with Gasteiger partial charge in [-0.15, -0.1) is 0 Å². The molecule has 0 aliphatic heterocycles. The molecule has 1 atom stereocenters. The highest BCUT2D eigenvalue weighted by molar-refractivity contribution is 7.91. The number of sulfone groups is 1. The van der Waals surface area contributed by atoms with Gasteiger partial charge in [0.15, 0.2) is 15.7 Å². The van der Waals surface area contributed by atoms with Crippen LogP contribution in [0.5, 0.6) is 5.75 Å². The lowest BCUT2D eigenvalue weighted by atomic mass is 9.79. The van der Waals surface area contributed by atoms with Crippen molar-refractivity contribution < 1.29 is 22.4 Å². The lowest BCUT2D eigenvalue weighted by Gasteiger charge is -2.36. The van der Waals surface area contributed by atoms with Crippen LogP contribution in [0.25, 0.3) is 11.3 Å². The molecule has 242 valence electrons. The van der Waals surface area contributed by atoms with Crippen molar-refractivity contribution in [2.24, 2.45) is 23.5 Å². The van der Waals surface area contributed by atoms with Crippen LogP contribution in [-0.2, 0) is 14.6 Å². The molecule has 45 heavy (non-hydrogen) atoms. The van der Waals surface area contributed by atoms with E-state index in [2.05, 4.69) is 6.07 Å². The minimum absolute atomic E-state index is 0.0550. The number of pyridine rings is 2. The van der Waals surface area contributed by atoms with Crippen LogP contribution in [0.4, 0.5) is 5.82 Å². The van der Waals surface area contributed by atoms with E-state index < -0.39 is 15.2 Å². The van der Waals surface area contributed by atoms with Crippen LogP contribution >= 0.6 is 0 Å². The van der Waals surface area contributed by atoms with Crippen molar-refractivity contribution in [3.63, 3.8) is 0 Å². The van der Waals surface area contributed by atoms with Crippen molar-refractivity contribution in [2.45, 2.75) is 88.3 Å². The minimum atomic E-state index is -3.33. The zero-order valence-electron chi connectivity index (χ0n) is 26.5. The highest BCUT2D eigenvalue weighted by atomic mass is 32.2. The number of carbonyl (C=O) groups is 1. The number of ether oxygens (including phenoxy) is 1. The Labute approximate surface area is 266 Å². The van der Waals surface area contributed by atoms with Gasteiger partial charge >= 0.3 is 0 Å². The van der Waals surface area contributed by atoms with Crippen LogP contribution in [0.2, 0.25) is 0 Å². The number of aromatic nitrogens is 3. The smallest absolute Gasteiger partial charge is 0.231 e. The summed E-state index contributed by atoms with van der Waals surface area (Å²) in [7, 11) is -1.67. The normalized spacial score (nSPS) is 24.6. The van der Waals surface area contributed by atoms with Gasteiger partial charge in [-0.25, -0.2) is 18.4 Å². The van der Waals surface area contributed by atoms with E-state index in [9.17, 15) is 13.2 Å². The molecule has 0 spiro atoms. The summed E-state index contributed by atoms with van der Waals surface area (Å²) in [6, 6.07) is 7.94. The lowest BCUT2D eigenvalue weighted by Crippen LogP contribution is -2.44. The van der Waals surface area contributed by atoms with Crippen LogP contribution in [0.1, 0.15) is 93.3 Å². The van der Waals surface area contributed by atoms with Gasteiger partial charge in [-0.1, -0.05) is 0 Å². The van der Waals surface area contributed by atoms with Gasteiger partial charge in [0.25, 0.3) is 0 Å². The quantitative estimate of drug-likeness (QED) is 0.294. The van der Waals surface area contributed by atoms with Gasteiger partial charge in [0.2, 0.25) is 5.91 Å². The standard InChI is InChI=1S/C34H45N5O5S/c1-21-30(43-2)15-14-28(37-21)23-6-4-22(5-7-23)19-39(34(40)26-12-8-24(9-13-26)32(35)45(3,41)42)31-18-27(16-17-36-31)29-20-44-33(38-29)25-10-11-25/h14-18,20,22-26,32H,4-13,19,35H2,1-3H3/t22-,23-,24-,26-,32?. The summed E-state index contributed by atoms with van der Waals surface area (Å²) in [5.74, 6) is 3.06. The van der Waals surface area contributed by atoms with Gasteiger partial charge in [0.05, 0.1) is 12.8 Å². The third-order valence-corrected chi connectivity index (χ3v) is 11.5. The molecular weight excluding hydrogens is 590 g/mol. The first-order chi connectivity index (χ1) is 21.6. The molecule has 3 heterocycles. The van der Waals surface area contributed by atoms with Crippen molar-refractivity contribution in [2.75, 3.05) is 24.8 Å². The van der Waals surface area contributed by atoms with Crippen molar-refractivity contribution in [1.29, 1.82) is 0 Å². The maximum Gasteiger partial charge on any atom is 0.231 e. The van der Waals surface area contributed by atoms with E-state index in [0.717, 1.165) is 72.8 Å². The SMILES string of the molecule is COc1ccc([C@H]2CC[C@H](CN(c3cc(-c4coc(C5CC5)n4)ccn3)C(=O)[C@H]3CC[C@H](C(N)S(C)(=O)=O)CC3)CC2)nc1C. The lowest BCUT2D eigenvalue weighted by molar-refractivity contribution is -0.123. The number of carbonyl (C=O) groups excluding carboxylic acids is 1. The Kier molecular flexibility index (Phi) is 9.29. The third-order valence-electron chi connectivity index (χ3n) is 10.1. The largest absolute Gasteiger partial charge is 0.495 e. The summed E-state index contributed by atoms with van der Waals surface area (Å²) in [5.41, 5.74) is 9.72. The summed E-state index contributed by atoms with van der Waals surface area (Å²) < 4.78 is 35.3. The van der Waals surface area contributed by atoms with E-state index in [4.69, 9.17) is 29.8 Å². The predicted octanol–water partition coefficient (Wildman–Crippen LogP) is 5.77. The highest BCUT2D eigenvalue weighted by Crippen LogP contribution is 2.41. The molecule has 6 rings (SSSR count). The maximum atomic E-state index is 14.3. The van der Waals surface area contributed by atoms with E-state index in [0.29, 0.717) is 55.8 Å². The number of nitrogens with zero attached hydrogens (tertiary/aromatic N) is 4. The number of amides is 1. The Hall–Kier alpha value is -3.31. The number of hydrogen-bond donors (Lipinski definition) is 1. The van der Waals surface area contributed by atoms with Crippen molar-refractivity contribution >= 4 is 21.6 Å². The first-order valence-electron chi connectivity index (χ1n) is 16.3. The number of anilines is 1. The van der Waals surface area contributed by atoms with E-state index in [1.807, 2.05) is 30.0 Å². The fourth-order valence-electron chi connectivity index (χ4n) is 7.13. The molecule has 2 N–H and O–H groups in total. The molecular formula is C34H45N5O5S. The number of hydrogen-bond acceptors (Lipinski definition) is 9. The number of aryl methyl sites for hydroxylation is 1. The van der Waals surface area contributed by atoms with Crippen molar-refractivity contribution in [3.05, 3.63) is 54.0 Å². The first kappa shape index (κ1) is 31.7. The Bertz CT molecular complexity index is 1600. The monoisotopic (exact) mass is 635 g/mol. The molecule has 11 heteroatoms. The van der Waals surface area contributed by atoms with Gasteiger partial charge in [-0.3, -0.25) is 14.7 Å². The maximum absolute atomic E-state index is 14.3. The van der Waals surface area contributed by atoms with Gasteiger partial charge < -0.3 is 14.9 Å². The molecule has 0 radical (unpaired) electrons. The Balaban J connectivity index is 1.19. The van der Waals surface area contributed by atoms with Crippen LogP contribution in [0, 0.1) is 24.7 Å². The zero-order chi connectivity index (χ0) is 31.7. The number of methoxy groups -OCH3 is 1. The Morgan fingerprint density at radius 3 is 2.38 bits per heavy atom. The average Bonchev–Trinajstić information content (AvgIpc) is 3.78. The van der Waals surface area contributed by atoms with E-state index in [1.54, 1.807) is 19.6 Å². The molecule has 0 bridgehead atoms. The molecule has 0 aromatic carbocycles. The Morgan fingerprint density at radius 1 is 1.02 bits per heavy atom. The van der Waals surface area contributed by atoms with Crippen molar-refractivity contribution in [1.82, 2.24) is 15.0 Å². The van der Waals surface area contributed by atoms with E-state index >= 15 is 0 Å². The van der Waals surface area contributed by atoms with Gasteiger partial charge in [-0.05, 0) is 107 Å². The van der Waals surface area contributed by atoms with E-state index in [1.165, 1.54) is 6.26 Å². The molecule has 3 saturated carbocycles. The fourth-order valence-corrected chi connectivity index (χ4v) is 8.11. The predicted molar refractivity (Wildman–Crippen MR) is 173 cm³/mol. The molecule has 10 nitrogen and oxygen atoms in total. The second kappa shape index (κ2) is 13.2. The average molecular weight is 636 g/mol. The minimum Gasteiger partial charge on any atom is -0.495 e. The summed E-state index contributed by atoms with van der Waals surface area (Å²) >= 11 is 0. The molecule has 0 saturated heterocycles. The molecule has 3 aromatic rings. The topological polar surface area (TPSA) is 142 Å². The molecule has 3 fully saturated rings. The second-order valence-corrected chi connectivity index (χ2v) is 15.5. The molecule has 3 aliphatic carbocycles. The van der Waals surface area contributed by atoms with Gasteiger partial charge in [0, 0.05) is 48.0 Å². The van der Waals surface area contributed by atoms with E-state index in [-0.39, 0.29) is 17.7 Å². The summed E-state index contributed by atoms with van der Waals surface area (Å²) in [6.07, 6.45) is 13.3. The fraction of sp³-hybridized carbons (Fsp3) is 0.588. The second-order valence-electron chi connectivity index (χ2n) is 13.3. The zero-order valence-corrected chi connectivity index (χ0v) is 27.3. The summed E-state index contributed by atoms with van der Waals surface area (Å²) in [4.78, 5) is 30.4. The first-order valence-corrected chi connectivity index (χ1v) is 18.2. The van der Waals surface area contributed by atoms with Crippen LogP contribution in [0.15, 0.2) is 41.1 Å². The van der Waals surface area contributed by atoms with Crippen LogP contribution in [-0.4, -0.2) is 54.6 Å². The number of oxazole rings is 1. The van der Waals surface area contributed by atoms with Crippen molar-refractivity contribution in [3.8, 4) is 17.0 Å². The Morgan fingerprint density at radius 2 is 1.73 bits per heavy atom. The molecule has 3 aliphatic rings. The molecule has 3 aromatic heterocycles. The van der Waals surface area contributed by atoms with Gasteiger partial charge in [0.1, 0.15) is 28.9 Å². The van der Waals surface area contributed by atoms with Crippen LogP contribution < -0.4 is 15.4 Å². The van der Waals surface area contributed by atoms with Gasteiger partial charge in [-0.2, -0.15) is 0 Å². The highest BCUT2D eigenvalue weighted by Gasteiger charge is 2.37. The molecule has 1 amide bonds. The molecule has 1 unspecified atom stereocenters. The third kappa shape index (κ3) is 7.25. The van der Waals surface area contributed by atoms with Crippen LogP contribution in [0.3, 0.4) is 0 Å². The summed E-state index contributed by atoms with van der Waals surface area (Å²) in [5, 5.41) is -0.884. The summed E-state index contributed by atoms with van der Waals surface area (Å²) in [6.45, 7) is 2.57. The number of nitrogens with two attached hydrogens (primary N) is 1.